The number of hydrogen-bond donors (Lipinski definition) is 2. The lowest BCUT2D eigenvalue weighted by molar-refractivity contribution is -0.150. The normalized spacial score (nSPS) is 16.4. The summed E-state index contributed by atoms with van der Waals surface area (Å²) in [6.45, 7) is 3.87. The Labute approximate surface area is 87.6 Å². The third kappa shape index (κ3) is 9.96. The molecule has 0 aromatic heterocycles. The van der Waals surface area contributed by atoms with Crippen LogP contribution in [0.4, 0.5) is 13.2 Å². The highest BCUT2D eigenvalue weighted by molar-refractivity contribution is 4.74. The number of ether oxygens (including phenoxy) is 1. The van der Waals surface area contributed by atoms with Gasteiger partial charge >= 0.3 is 6.18 Å². The van der Waals surface area contributed by atoms with E-state index >= 15 is 0 Å². The summed E-state index contributed by atoms with van der Waals surface area (Å²) >= 11 is 0. The quantitative estimate of drug-likeness (QED) is 0.647. The lowest BCUT2D eigenvalue weighted by Gasteiger charge is -2.23. The summed E-state index contributed by atoms with van der Waals surface area (Å²) < 4.78 is 39.9. The average molecular weight is 229 g/mol. The van der Waals surface area contributed by atoms with Gasteiger partial charge in [-0.3, -0.25) is 0 Å². The number of alkyl halides is 3. The summed E-state index contributed by atoms with van der Waals surface area (Å²) in [5.74, 6) is 0. The summed E-state index contributed by atoms with van der Waals surface area (Å²) in [6, 6.07) is 0. The van der Waals surface area contributed by atoms with Gasteiger partial charge in [0.15, 0.2) is 0 Å². The molecule has 15 heavy (non-hydrogen) atoms. The molecule has 0 amide bonds. The van der Waals surface area contributed by atoms with E-state index in [0.717, 1.165) is 0 Å². The van der Waals surface area contributed by atoms with Crippen molar-refractivity contribution in [2.75, 3.05) is 26.3 Å². The highest BCUT2D eigenvalue weighted by Gasteiger charge is 2.27. The molecule has 0 saturated heterocycles. The number of aliphatic hydroxyl groups is 1. The van der Waals surface area contributed by atoms with Gasteiger partial charge in [-0.15, -0.1) is 0 Å². The van der Waals surface area contributed by atoms with E-state index in [0.29, 0.717) is 13.1 Å². The SMILES string of the molecule is CCNCC(C)(O)COCCC(F)(F)F. The fraction of sp³-hybridized carbons (Fsp3) is 1.00. The maximum atomic E-state index is 11.7. The van der Waals surface area contributed by atoms with Crippen molar-refractivity contribution < 1.29 is 23.0 Å². The maximum absolute atomic E-state index is 11.7. The highest BCUT2D eigenvalue weighted by Crippen LogP contribution is 2.19. The molecule has 0 rings (SSSR count). The number of nitrogens with one attached hydrogen (secondary N) is 1. The van der Waals surface area contributed by atoms with Gasteiger partial charge in [0.25, 0.3) is 0 Å². The summed E-state index contributed by atoms with van der Waals surface area (Å²) in [5, 5.41) is 12.5. The molecular weight excluding hydrogens is 211 g/mol. The molecule has 0 bridgehead atoms. The number of rotatable bonds is 7. The number of likely N-dealkylation sites (N-methyl/N-ethyl adjacent to an activating group) is 1. The molecule has 0 aliphatic heterocycles. The Hall–Kier alpha value is -0.330. The van der Waals surface area contributed by atoms with Gasteiger partial charge < -0.3 is 15.2 Å². The van der Waals surface area contributed by atoms with Crippen molar-refractivity contribution in [3.63, 3.8) is 0 Å². The van der Waals surface area contributed by atoms with Gasteiger partial charge in [-0.1, -0.05) is 6.92 Å². The van der Waals surface area contributed by atoms with Crippen molar-refractivity contribution in [3.8, 4) is 0 Å². The van der Waals surface area contributed by atoms with Gasteiger partial charge in [-0.05, 0) is 13.5 Å². The third-order valence-corrected chi connectivity index (χ3v) is 1.70. The molecule has 1 atom stereocenters. The first kappa shape index (κ1) is 14.7. The summed E-state index contributed by atoms with van der Waals surface area (Å²) in [4.78, 5) is 0. The molecule has 0 aromatic rings. The molecule has 0 aliphatic carbocycles. The van der Waals surface area contributed by atoms with Crippen LogP contribution in [-0.2, 0) is 4.74 Å². The zero-order chi connectivity index (χ0) is 11.9. The second-order valence-corrected chi connectivity index (χ2v) is 3.70. The smallest absolute Gasteiger partial charge is 0.386 e. The van der Waals surface area contributed by atoms with E-state index in [1.54, 1.807) is 0 Å². The van der Waals surface area contributed by atoms with Gasteiger partial charge in [0.05, 0.1) is 25.2 Å². The van der Waals surface area contributed by atoms with Crippen LogP contribution in [0, 0.1) is 0 Å². The molecule has 3 nitrogen and oxygen atoms in total. The van der Waals surface area contributed by atoms with Gasteiger partial charge in [0.2, 0.25) is 0 Å². The summed E-state index contributed by atoms with van der Waals surface area (Å²) in [5.41, 5.74) is -1.12. The fourth-order valence-electron chi connectivity index (χ4n) is 0.925. The van der Waals surface area contributed by atoms with Crippen molar-refractivity contribution in [2.24, 2.45) is 0 Å². The lowest BCUT2D eigenvalue weighted by atomic mass is 10.1. The van der Waals surface area contributed by atoms with Crippen LogP contribution >= 0.6 is 0 Å². The van der Waals surface area contributed by atoms with Crippen LogP contribution in [0.1, 0.15) is 20.3 Å². The zero-order valence-electron chi connectivity index (χ0n) is 9.02. The molecule has 2 N–H and O–H groups in total. The molecule has 0 aliphatic rings. The van der Waals surface area contributed by atoms with Crippen LogP contribution in [0.25, 0.3) is 0 Å². The van der Waals surface area contributed by atoms with Crippen LogP contribution in [0.15, 0.2) is 0 Å². The van der Waals surface area contributed by atoms with Gasteiger partial charge in [-0.2, -0.15) is 13.2 Å². The molecule has 0 spiro atoms. The van der Waals surface area contributed by atoms with E-state index in [9.17, 15) is 18.3 Å². The fourth-order valence-corrected chi connectivity index (χ4v) is 0.925. The Morgan fingerprint density at radius 3 is 2.40 bits per heavy atom. The molecule has 0 aromatic carbocycles. The average Bonchev–Trinajstić information content (AvgIpc) is 2.08. The predicted octanol–water partition coefficient (Wildman–Crippen LogP) is 1.32. The topological polar surface area (TPSA) is 41.5 Å². The maximum Gasteiger partial charge on any atom is 0.391 e. The van der Waals surface area contributed by atoms with Crippen molar-refractivity contribution >= 4 is 0 Å². The zero-order valence-corrected chi connectivity index (χ0v) is 9.02. The predicted molar refractivity (Wildman–Crippen MR) is 50.7 cm³/mol. The highest BCUT2D eigenvalue weighted by atomic mass is 19.4. The first-order valence-corrected chi connectivity index (χ1v) is 4.84. The molecule has 1 unspecified atom stereocenters. The van der Waals surface area contributed by atoms with Gasteiger partial charge in [-0.25, -0.2) is 0 Å². The molecule has 0 saturated carbocycles. The number of halogens is 3. The van der Waals surface area contributed by atoms with Crippen molar-refractivity contribution in [3.05, 3.63) is 0 Å². The van der Waals surface area contributed by atoms with E-state index < -0.39 is 24.8 Å². The monoisotopic (exact) mass is 229 g/mol. The Morgan fingerprint density at radius 1 is 1.33 bits per heavy atom. The summed E-state index contributed by atoms with van der Waals surface area (Å²) in [6.07, 6.45) is -5.18. The first-order chi connectivity index (χ1) is 6.77. The van der Waals surface area contributed by atoms with E-state index in [1.807, 2.05) is 6.92 Å². The lowest BCUT2D eigenvalue weighted by Crippen LogP contribution is -2.42. The van der Waals surface area contributed by atoms with Crippen LogP contribution < -0.4 is 5.32 Å². The van der Waals surface area contributed by atoms with E-state index in [-0.39, 0.29) is 6.61 Å². The summed E-state index contributed by atoms with van der Waals surface area (Å²) in [7, 11) is 0. The molecular formula is C9H18F3NO2. The van der Waals surface area contributed by atoms with Crippen molar-refractivity contribution in [1.29, 1.82) is 0 Å². The Kier molecular flexibility index (Phi) is 6.16. The minimum Gasteiger partial charge on any atom is -0.386 e. The van der Waals surface area contributed by atoms with E-state index in [2.05, 4.69) is 5.32 Å². The van der Waals surface area contributed by atoms with Crippen LogP contribution in [0.5, 0.6) is 0 Å². The molecule has 0 heterocycles. The van der Waals surface area contributed by atoms with Crippen LogP contribution in [0.2, 0.25) is 0 Å². The van der Waals surface area contributed by atoms with E-state index in [1.165, 1.54) is 6.92 Å². The molecule has 92 valence electrons. The Morgan fingerprint density at radius 2 is 1.93 bits per heavy atom. The molecule has 0 radical (unpaired) electrons. The number of hydrogen-bond acceptors (Lipinski definition) is 3. The minimum atomic E-state index is -4.20. The standard InChI is InChI=1S/C9H18F3NO2/c1-3-13-6-8(2,14)7-15-5-4-9(10,11)12/h13-14H,3-7H2,1-2H3. The van der Waals surface area contributed by atoms with Gasteiger partial charge in [0, 0.05) is 6.54 Å². The second kappa shape index (κ2) is 6.30. The molecule has 0 fully saturated rings. The second-order valence-electron chi connectivity index (χ2n) is 3.70. The van der Waals surface area contributed by atoms with Crippen molar-refractivity contribution in [2.45, 2.75) is 32.0 Å². The largest absolute Gasteiger partial charge is 0.391 e. The van der Waals surface area contributed by atoms with Crippen molar-refractivity contribution in [1.82, 2.24) is 5.32 Å². The van der Waals surface area contributed by atoms with Gasteiger partial charge in [0.1, 0.15) is 0 Å². The van der Waals surface area contributed by atoms with Crippen LogP contribution in [-0.4, -0.2) is 43.2 Å². The Bertz CT molecular complexity index is 171. The third-order valence-electron chi connectivity index (χ3n) is 1.70. The van der Waals surface area contributed by atoms with Crippen LogP contribution in [0.3, 0.4) is 0 Å². The molecule has 6 heteroatoms. The Balaban J connectivity index is 3.57. The minimum absolute atomic E-state index is 0.101. The van der Waals surface area contributed by atoms with E-state index in [4.69, 9.17) is 4.74 Å². The first-order valence-electron chi connectivity index (χ1n) is 4.84.